The van der Waals surface area contributed by atoms with Crippen LogP contribution in [-0.4, -0.2) is 5.91 Å². The third kappa shape index (κ3) is 10.0. The van der Waals surface area contributed by atoms with Gasteiger partial charge in [-0.15, -0.1) is 0 Å². The van der Waals surface area contributed by atoms with Crippen molar-refractivity contribution in [2.45, 2.75) is 41.5 Å². The van der Waals surface area contributed by atoms with Gasteiger partial charge in [0.1, 0.15) is 0 Å². The second-order valence-corrected chi connectivity index (χ2v) is 7.94. The highest BCUT2D eigenvalue weighted by Gasteiger charge is 2.05. The minimum absolute atomic E-state index is 0.106. The van der Waals surface area contributed by atoms with Crippen molar-refractivity contribution >= 4 is 22.7 Å². The number of carbonyl (C=O) groups is 1. The average Bonchev–Trinajstić information content (AvgIpc) is 2.82. The molecule has 0 bridgehead atoms. The van der Waals surface area contributed by atoms with E-state index < -0.39 is 0 Å². The summed E-state index contributed by atoms with van der Waals surface area (Å²) in [6.45, 7) is 19.5. The largest absolute Gasteiger partial charge is 0.322 e. The van der Waals surface area contributed by atoms with Gasteiger partial charge in [0.2, 0.25) is 0 Å². The highest BCUT2D eigenvalue weighted by molar-refractivity contribution is 6.03. The maximum absolute atomic E-state index is 12.3. The van der Waals surface area contributed by atoms with Gasteiger partial charge in [-0.2, -0.15) is 0 Å². The summed E-state index contributed by atoms with van der Waals surface area (Å²) in [6, 6.07) is 17.8. The normalized spacial score (nSPS) is 12.4. The number of carbonyl (C=O) groups excluding carboxylic acids is 1. The van der Waals surface area contributed by atoms with Crippen molar-refractivity contribution < 1.29 is 4.79 Å². The lowest BCUT2D eigenvalue weighted by molar-refractivity contribution is -0.112. The molecule has 1 N–H and O–H groups in total. The standard InChI is InChI=1S/C22H23NO.C9H14/c1-16(2)20-11-8-12-21(15-20)23-22(24)18(4)14-13-17(3)19-9-6-5-7-10-19;1-5-7-9(4)8(3)6-2/h5-15H,1H2,2-4H3,(H,23,24);5-7H,1H2,2-4H3/b17-13+,18-14+;8-6-,9-7-. The Morgan fingerprint density at radius 3 is 2.00 bits per heavy atom. The molecular weight excluding hydrogens is 402 g/mol. The van der Waals surface area contributed by atoms with Crippen LogP contribution in [0, 0.1) is 0 Å². The number of amides is 1. The highest BCUT2D eigenvalue weighted by atomic mass is 16.1. The van der Waals surface area contributed by atoms with Crippen LogP contribution in [0.1, 0.15) is 52.7 Å². The molecule has 0 unspecified atom stereocenters. The summed E-state index contributed by atoms with van der Waals surface area (Å²) in [4.78, 5) is 12.3. The van der Waals surface area contributed by atoms with Crippen molar-refractivity contribution in [2.24, 2.45) is 0 Å². The molecule has 0 aromatic heterocycles. The first-order chi connectivity index (χ1) is 15.7. The van der Waals surface area contributed by atoms with Gasteiger partial charge < -0.3 is 5.32 Å². The van der Waals surface area contributed by atoms with Crippen molar-refractivity contribution in [1.29, 1.82) is 0 Å². The Hall–Kier alpha value is -3.65. The summed E-state index contributed by atoms with van der Waals surface area (Å²) in [5.41, 5.74) is 8.29. The molecule has 0 aliphatic heterocycles. The number of rotatable bonds is 7. The van der Waals surface area contributed by atoms with Crippen LogP contribution in [0.5, 0.6) is 0 Å². The Morgan fingerprint density at radius 2 is 1.42 bits per heavy atom. The van der Waals surface area contributed by atoms with E-state index in [0.29, 0.717) is 5.57 Å². The monoisotopic (exact) mass is 439 g/mol. The van der Waals surface area contributed by atoms with Crippen molar-refractivity contribution in [3.05, 3.63) is 126 Å². The van der Waals surface area contributed by atoms with Crippen LogP contribution in [0.4, 0.5) is 5.69 Å². The Balaban J connectivity index is 0.000000513. The number of allylic oxidation sites excluding steroid dienone is 9. The summed E-state index contributed by atoms with van der Waals surface area (Å²) >= 11 is 0. The fourth-order valence-electron chi connectivity index (χ4n) is 2.75. The zero-order valence-electron chi connectivity index (χ0n) is 20.9. The Morgan fingerprint density at radius 1 is 0.788 bits per heavy atom. The van der Waals surface area contributed by atoms with E-state index in [1.165, 1.54) is 11.1 Å². The van der Waals surface area contributed by atoms with Crippen LogP contribution in [0.15, 0.2) is 115 Å². The third-order valence-electron chi connectivity index (χ3n) is 5.21. The van der Waals surface area contributed by atoms with E-state index in [1.54, 1.807) is 0 Å². The molecule has 0 saturated carbocycles. The molecule has 2 rings (SSSR count). The number of benzene rings is 2. The van der Waals surface area contributed by atoms with Gasteiger partial charge in [-0.3, -0.25) is 4.79 Å². The van der Waals surface area contributed by atoms with Gasteiger partial charge in [-0.05, 0) is 75.9 Å². The molecule has 0 spiro atoms. The van der Waals surface area contributed by atoms with Crippen LogP contribution in [0.2, 0.25) is 0 Å². The average molecular weight is 440 g/mol. The zero-order chi connectivity index (χ0) is 24.8. The van der Waals surface area contributed by atoms with E-state index in [9.17, 15) is 4.79 Å². The molecule has 0 aliphatic carbocycles. The van der Waals surface area contributed by atoms with Crippen LogP contribution >= 0.6 is 0 Å². The quantitative estimate of drug-likeness (QED) is 0.339. The third-order valence-corrected chi connectivity index (χ3v) is 5.21. The van der Waals surface area contributed by atoms with Crippen molar-refractivity contribution in [3.63, 3.8) is 0 Å². The first-order valence-electron chi connectivity index (χ1n) is 11.1. The molecule has 2 aromatic carbocycles. The predicted octanol–water partition coefficient (Wildman–Crippen LogP) is 8.79. The van der Waals surface area contributed by atoms with Crippen molar-refractivity contribution in [2.75, 3.05) is 5.32 Å². The van der Waals surface area contributed by atoms with Crippen LogP contribution in [0.25, 0.3) is 11.1 Å². The second-order valence-electron chi connectivity index (χ2n) is 7.94. The first kappa shape index (κ1) is 27.4. The van der Waals surface area contributed by atoms with E-state index in [0.717, 1.165) is 28.0 Å². The van der Waals surface area contributed by atoms with E-state index in [-0.39, 0.29) is 5.91 Å². The second kappa shape index (κ2) is 14.4. The summed E-state index contributed by atoms with van der Waals surface area (Å²) in [5, 5.41) is 2.92. The summed E-state index contributed by atoms with van der Waals surface area (Å²) < 4.78 is 0. The van der Waals surface area contributed by atoms with E-state index in [4.69, 9.17) is 0 Å². The molecular formula is C31H37NO. The van der Waals surface area contributed by atoms with E-state index in [1.807, 2.05) is 94.5 Å². The molecule has 2 heteroatoms. The van der Waals surface area contributed by atoms with Crippen LogP contribution in [-0.2, 0) is 4.79 Å². The Kier molecular flexibility index (Phi) is 12.0. The number of anilines is 1. The fraction of sp³-hybridized carbons (Fsp3) is 0.194. The number of nitrogens with one attached hydrogen (secondary N) is 1. The van der Waals surface area contributed by atoms with Crippen molar-refractivity contribution in [3.8, 4) is 0 Å². The van der Waals surface area contributed by atoms with Gasteiger partial charge in [0.25, 0.3) is 5.91 Å². The molecule has 0 saturated heterocycles. The van der Waals surface area contributed by atoms with Crippen LogP contribution < -0.4 is 5.32 Å². The molecule has 2 aromatic rings. The highest BCUT2D eigenvalue weighted by Crippen LogP contribution is 2.18. The molecule has 1 amide bonds. The van der Waals surface area contributed by atoms with Gasteiger partial charge in [-0.25, -0.2) is 0 Å². The van der Waals surface area contributed by atoms with Crippen molar-refractivity contribution in [1.82, 2.24) is 0 Å². The molecule has 0 radical (unpaired) electrons. The molecule has 2 nitrogen and oxygen atoms in total. The first-order valence-corrected chi connectivity index (χ1v) is 11.1. The smallest absolute Gasteiger partial charge is 0.251 e. The SMILES string of the molecule is C=C(C)c1cccc(NC(=O)/C(C)=C/C=C(\C)c2ccccc2)c1.C=C/C=C(C)\C(C)=C/C. The number of hydrogen-bond acceptors (Lipinski definition) is 1. The molecule has 33 heavy (non-hydrogen) atoms. The lowest BCUT2D eigenvalue weighted by Crippen LogP contribution is -2.12. The molecule has 0 aliphatic rings. The van der Waals surface area contributed by atoms with E-state index >= 15 is 0 Å². The van der Waals surface area contributed by atoms with E-state index in [2.05, 4.69) is 50.5 Å². The van der Waals surface area contributed by atoms with Gasteiger partial charge in [0, 0.05) is 11.3 Å². The van der Waals surface area contributed by atoms with Crippen LogP contribution in [0.3, 0.4) is 0 Å². The number of hydrogen-bond donors (Lipinski definition) is 1. The lowest BCUT2D eigenvalue weighted by Gasteiger charge is -2.07. The Labute approximate surface area is 200 Å². The molecule has 0 fully saturated rings. The van der Waals surface area contributed by atoms with Gasteiger partial charge in [0.05, 0.1) is 0 Å². The summed E-state index contributed by atoms with van der Waals surface area (Å²) in [6.07, 6.45) is 9.72. The summed E-state index contributed by atoms with van der Waals surface area (Å²) in [7, 11) is 0. The molecule has 0 atom stereocenters. The van der Waals surface area contributed by atoms with Gasteiger partial charge >= 0.3 is 0 Å². The zero-order valence-corrected chi connectivity index (χ0v) is 20.9. The van der Waals surface area contributed by atoms with Gasteiger partial charge in [0.15, 0.2) is 0 Å². The topological polar surface area (TPSA) is 29.1 Å². The molecule has 0 heterocycles. The fourth-order valence-corrected chi connectivity index (χ4v) is 2.75. The minimum Gasteiger partial charge on any atom is -0.322 e. The summed E-state index contributed by atoms with van der Waals surface area (Å²) in [5.74, 6) is -0.106. The maximum Gasteiger partial charge on any atom is 0.251 e. The maximum atomic E-state index is 12.3. The Bertz CT molecular complexity index is 1080. The minimum atomic E-state index is -0.106. The predicted molar refractivity (Wildman–Crippen MR) is 147 cm³/mol. The van der Waals surface area contributed by atoms with Gasteiger partial charge in [-0.1, -0.05) is 97.1 Å². The lowest BCUT2D eigenvalue weighted by atomic mass is 10.1. The molecule has 172 valence electrons.